The number of carbonyl (C=O) groups excluding carboxylic acids is 1. The lowest BCUT2D eigenvalue weighted by molar-refractivity contribution is -0.124. The molecule has 0 aliphatic heterocycles. The summed E-state index contributed by atoms with van der Waals surface area (Å²) in [7, 11) is 0. The molecule has 0 aliphatic rings. The molecule has 0 atom stereocenters. The zero-order chi connectivity index (χ0) is 12.8. The van der Waals surface area contributed by atoms with E-state index in [1.165, 1.54) is 22.7 Å². The molecule has 2 nitrogen and oxygen atoms in total. The molecule has 0 saturated heterocycles. The number of nitrogens with zero attached hydrogens (tertiary/aromatic N) is 1. The van der Waals surface area contributed by atoms with Crippen molar-refractivity contribution >= 4 is 5.91 Å². The van der Waals surface area contributed by atoms with Gasteiger partial charge < -0.3 is 4.90 Å². The molecule has 1 amide bonds. The molecular weight excluding hydrogens is 210 g/mol. The van der Waals surface area contributed by atoms with Crippen molar-refractivity contribution in [1.29, 1.82) is 0 Å². The molecular formula is C15H19NO. The average molecular weight is 229 g/mol. The van der Waals surface area contributed by atoms with Crippen molar-refractivity contribution in [1.82, 2.24) is 4.90 Å². The predicted octanol–water partition coefficient (Wildman–Crippen LogP) is 3.47. The van der Waals surface area contributed by atoms with Crippen LogP contribution in [-0.2, 0) is 11.3 Å². The Balaban J connectivity index is 2.77. The van der Waals surface area contributed by atoms with Crippen LogP contribution in [0.5, 0.6) is 0 Å². The van der Waals surface area contributed by atoms with E-state index in [0.29, 0.717) is 12.5 Å². The van der Waals surface area contributed by atoms with Gasteiger partial charge in [0.05, 0.1) is 6.54 Å². The molecule has 0 aliphatic carbocycles. The third kappa shape index (κ3) is 3.59. The number of rotatable bonds is 5. The lowest BCUT2D eigenvalue weighted by Gasteiger charge is -2.16. The number of carbonyl (C=O) groups is 1. The fraction of sp³-hybridized carbons (Fsp3) is 0.267. The van der Waals surface area contributed by atoms with Crippen LogP contribution >= 0.6 is 0 Å². The lowest BCUT2D eigenvalue weighted by Crippen LogP contribution is -2.22. The Hall–Kier alpha value is -1.83. The van der Waals surface area contributed by atoms with Crippen LogP contribution in [0.15, 0.2) is 49.7 Å². The van der Waals surface area contributed by atoms with Gasteiger partial charge in [0.2, 0.25) is 5.91 Å². The molecule has 90 valence electrons. The van der Waals surface area contributed by atoms with Crippen molar-refractivity contribution in [3.8, 4) is 0 Å². The SMILES string of the molecule is C=CC(=O)N(C=C)Cc1ccc(C(C)C)cc1. The van der Waals surface area contributed by atoms with Crippen molar-refractivity contribution in [2.45, 2.75) is 26.3 Å². The highest BCUT2D eigenvalue weighted by molar-refractivity contribution is 5.87. The Labute approximate surface area is 103 Å². The Morgan fingerprint density at radius 3 is 2.29 bits per heavy atom. The standard InChI is InChI=1S/C15H19NO/c1-5-15(17)16(6-2)11-13-7-9-14(10-8-13)12(3)4/h5-10,12H,1-2,11H2,3-4H3. The molecule has 0 bridgehead atoms. The molecule has 0 N–H and O–H groups in total. The molecule has 1 rings (SSSR count). The van der Waals surface area contributed by atoms with Gasteiger partial charge in [0.15, 0.2) is 0 Å². The second-order valence-electron chi connectivity index (χ2n) is 4.25. The maximum atomic E-state index is 11.5. The number of benzene rings is 1. The molecule has 0 saturated carbocycles. The van der Waals surface area contributed by atoms with E-state index in [9.17, 15) is 4.79 Å². The summed E-state index contributed by atoms with van der Waals surface area (Å²) in [5.41, 5.74) is 2.39. The Bertz CT molecular complexity index is 403. The number of hydrogen-bond donors (Lipinski definition) is 0. The van der Waals surface area contributed by atoms with Gasteiger partial charge >= 0.3 is 0 Å². The quantitative estimate of drug-likeness (QED) is 0.708. The van der Waals surface area contributed by atoms with Gasteiger partial charge in [-0.1, -0.05) is 51.3 Å². The zero-order valence-corrected chi connectivity index (χ0v) is 10.5. The fourth-order valence-corrected chi connectivity index (χ4v) is 1.55. The third-order valence-corrected chi connectivity index (χ3v) is 2.68. The second kappa shape index (κ2) is 6.04. The summed E-state index contributed by atoms with van der Waals surface area (Å²) in [6.45, 7) is 12.0. The molecule has 1 aromatic rings. The molecule has 1 aromatic carbocycles. The normalized spacial score (nSPS) is 10.1. The van der Waals surface area contributed by atoms with Gasteiger partial charge in [0.1, 0.15) is 0 Å². The van der Waals surface area contributed by atoms with Crippen LogP contribution in [0.3, 0.4) is 0 Å². The minimum atomic E-state index is -0.132. The number of amides is 1. The second-order valence-corrected chi connectivity index (χ2v) is 4.25. The van der Waals surface area contributed by atoms with Gasteiger partial charge in [-0.15, -0.1) is 0 Å². The summed E-state index contributed by atoms with van der Waals surface area (Å²) < 4.78 is 0. The van der Waals surface area contributed by atoms with Crippen LogP contribution in [0.2, 0.25) is 0 Å². The molecule has 0 fully saturated rings. The van der Waals surface area contributed by atoms with E-state index >= 15 is 0 Å². The average Bonchev–Trinajstić information content (AvgIpc) is 2.35. The van der Waals surface area contributed by atoms with E-state index in [1.807, 2.05) is 12.1 Å². The number of hydrogen-bond acceptors (Lipinski definition) is 1. The molecule has 0 unspecified atom stereocenters. The van der Waals surface area contributed by atoms with Gasteiger partial charge in [0.25, 0.3) is 0 Å². The topological polar surface area (TPSA) is 20.3 Å². The largest absolute Gasteiger partial charge is 0.312 e. The zero-order valence-electron chi connectivity index (χ0n) is 10.5. The summed E-state index contributed by atoms with van der Waals surface area (Å²) in [4.78, 5) is 13.0. The maximum absolute atomic E-state index is 11.5. The minimum absolute atomic E-state index is 0.132. The van der Waals surface area contributed by atoms with E-state index in [4.69, 9.17) is 0 Å². The van der Waals surface area contributed by atoms with Crippen LogP contribution in [0.1, 0.15) is 30.9 Å². The van der Waals surface area contributed by atoms with E-state index in [0.717, 1.165) is 5.56 Å². The Morgan fingerprint density at radius 2 is 1.88 bits per heavy atom. The fourth-order valence-electron chi connectivity index (χ4n) is 1.55. The van der Waals surface area contributed by atoms with Gasteiger partial charge in [-0.2, -0.15) is 0 Å². The van der Waals surface area contributed by atoms with E-state index in [-0.39, 0.29) is 5.91 Å². The maximum Gasteiger partial charge on any atom is 0.250 e. The molecule has 17 heavy (non-hydrogen) atoms. The first-order valence-electron chi connectivity index (χ1n) is 5.73. The summed E-state index contributed by atoms with van der Waals surface area (Å²) in [6.07, 6.45) is 2.82. The lowest BCUT2D eigenvalue weighted by atomic mass is 10.0. The highest BCUT2D eigenvalue weighted by Gasteiger charge is 2.07. The smallest absolute Gasteiger partial charge is 0.250 e. The van der Waals surface area contributed by atoms with Crippen LogP contribution in [-0.4, -0.2) is 10.8 Å². The van der Waals surface area contributed by atoms with Gasteiger partial charge in [0, 0.05) is 6.20 Å². The molecule has 2 heteroatoms. The van der Waals surface area contributed by atoms with Gasteiger partial charge in [-0.3, -0.25) is 4.79 Å². The first-order chi connectivity index (χ1) is 8.08. The van der Waals surface area contributed by atoms with Crippen molar-refractivity contribution < 1.29 is 4.79 Å². The van der Waals surface area contributed by atoms with Crippen molar-refractivity contribution in [3.63, 3.8) is 0 Å². The van der Waals surface area contributed by atoms with Gasteiger partial charge in [-0.25, -0.2) is 0 Å². The van der Waals surface area contributed by atoms with E-state index in [2.05, 4.69) is 39.1 Å². The van der Waals surface area contributed by atoms with Crippen LogP contribution < -0.4 is 0 Å². The van der Waals surface area contributed by atoms with Crippen molar-refractivity contribution in [3.05, 3.63) is 60.8 Å². The predicted molar refractivity (Wildman–Crippen MR) is 71.5 cm³/mol. The highest BCUT2D eigenvalue weighted by atomic mass is 16.2. The van der Waals surface area contributed by atoms with Gasteiger partial charge in [-0.05, 0) is 23.1 Å². The first-order valence-corrected chi connectivity index (χ1v) is 5.73. The first kappa shape index (κ1) is 13.2. The monoisotopic (exact) mass is 229 g/mol. The minimum Gasteiger partial charge on any atom is -0.312 e. The highest BCUT2D eigenvalue weighted by Crippen LogP contribution is 2.15. The summed E-state index contributed by atoms with van der Waals surface area (Å²) in [5, 5.41) is 0. The van der Waals surface area contributed by atoms with Crippen molar-refractivity contribution in [2.24, 2.45) is 0 Å². The van der Waals surface area contributed by atoms with Crippen LogP contribution in [0, 0.1) is 0 Å². The Morgan fingerprint density at radius 1 is 1.29 bits per heavy atom. The molecule has 0 heterocycles. The molecule has 0 spiro atoms. The summed E-state index contributed by atoms with van der Waals surface area (Å²) >= 11 is 0. The molecule has 0 aromatic heterocycles. The third-order valence-electron chi connectivity index (χ3n) is 2.68. The van der Waals surface area contributed by atoms with Crippen LogP contribution in [0.4, 0.5) is 0 Å². The van der Waals surface area contributed by atoms with E-state index < -0.39 is 0 Å². The van der Waals surface area contributed by atoms with Crippen LogP contribution in [0.25, 0.3) is 0 Å². The summed E-state index contributed by atoms with van der Waals surface area (Å²) in [5.74, 6) is 0.391. The molecule has 0 radical (unpaired) electrons. The Kier molecular flexibility index (Phi) is 4.70. The van der Waals surface area contributed by atoms with Crippen molar-refractivity contribution in [2.75, 3.05) is 0 Å². The van der Waals surface area contributed by atoms with E-state index in [1.54, 1.807) is 0 Å². The summed E-state index contributed by atoms with van der Waals surface area (Å²) in [6, 6.07) is 8.28.